The summed E-state index contributed by atoms with van der Waals surface area (Å²) in [7, 11) is 0. The SMILES string of the molecule is Clc1ccc(-c2ccc(CNCCCN3CCOCC3)o2)cc1.[Cl-].[Cl-]. The maximum Gasteiger partial charge on any atom is 0.134 e. The zero-order chi connectivity index (χ0) is 15.9. The maximum atomic E-state index is 5.91. The molecule has 0 atom stereocenters. The van der Waals surface area contributed by atoms with Crippen LogP contribution in [0, 0.1) is 0 Å². The van der Waals surface area contributed by atoms with Crippen LogP contribution in [0.3, 0.4) is 0 Å². The first-order valence-corrected chi connectivity index (χ1v) is 8.54. The van der Waals surface area contributed by atoms with Gasteiger partial charge in [-0.15, -0.1) is 0 Å². The lowest BCUT2D eigenvalue weighted by Gasteiger charge is -2.26. The number of morpholine rings is 1. The second-order valence-electron chi connectivity index (χ2n) is 5.76. The number of nitrogens with zero attached hydrogens (tertiary/aromatic N) is 1. The van der Waals surface area contributed by atoms with Crippen LogP contribution in [-0.2, 0) is 11.3 Å². The molecule has 0 saturated carbocycles. The molecule has 1 saturated heterocycles. The van der Waals surface area contributed by atoms with Crippen molar-refractivity contribution in [2.75, 3.05) is 39.4 Å². The zero-order valence-corrected chi connectivity index (χ0v) is 16.3. The predicted octanol–water partition coefficient (Wildman–Crippen LogP) is -2.58. The number of nitrogens with one attached hydrogen (secondary N) is 1. The van der Waals surface area contributed by atoms with Crippen molar-refractivity contribution < 1.29 is 34.0 Å². The Labute approximate surface area is 166 Å². The molecule has 140 valence electrons. The van der Waals surface area contributed by atoms with Gasteiger partial charge in [0.25, 0.3) is 0 Å². The van der Waals surface area contributed by atoms with E-state index >= 15 is 0 Å². The summed E-state index contributed by atoms with van der Waals surface area (Å²) >= 11 is 5.91. The van der Waals surface area contributed by atoms with Crippen LogP contribution in [0.5, 0.6) is 0 Å². The molecule has 1 aliphatic rings. The van der Waals surface area contributed by atoms with E-state index in [1.54, 1.807) is 0 Å². The fourth-order valence-electron chi connectivity index (χ4n) is 2.71. The normalized spacial score (nSPS) is 14.6. The van der Waals surface area contributed by atoms with Crippen molar-refractivity contribution in [2.24, 2.45) is 0 Å². The average molecular weight is 406 g/mol. The number of furan rings is 1. The Kier molecular flexibility index (Phi) is 10.5. The number of hydrogen-bond acceptors (Lipinski definition) is 4. The van der Waals surface area contributed by atoms with Gasteiger partial charge < -0.3 is 39.3 Å². The van der Waals surface area contributed by atoms with E-state index in [9.17, 15) is 0 Å². The number of ether oxygens (including phenoxy) is 1. The molecule has 1 fully saturated rings. The molecular weight excluding hydrogens is 383 g/mol. The molecule has 2 heterocycles. The summed E-state index contributed by atoms with van der Waals surface area (Å²) in [5, 5.41) is 4.18. The van der Waals surface area contributed by atoms with Crippen molar-refractivity contribution in [2.45, 2.75) is 13.0 Å². The van der Waals surface area contributed by atoms with Gasteiger partial charge in [0.1, 0.15) is 11.5 Å². The van der Waals surface area contributed by atoms with Crippen molar-refractivity contribution >= 4 is 11.6 Å². The second kappa shape index (κ2) is 11.8. The molecule has 0 amide bonds. The van der Waals surface area contributed by atoms with E-state index in [2.05, 4.69) is 10.2 Å². The van der Waals surface area contributed by atoms with Gasteiger partial charge in [-0.25, -0.2) is 0 Å². The summed E-state index contributed by atoms with van der Waals surface area (Å²) in [6, 6.07) is 11.7. The minimum atomic E-state index is 0. The van der Waals surface area contributed by atoms with Crippen molar-refractivity contribution in [1.29, 1.82) is 0 Å². The van der Waals surface area contributed by atoms with E-state index in [1.807, 2.05) is 36.4 Å². The smallest absolute Gasteiger partial charge is 0.134 e. The van der Waals surface area contributed by atoms with Crippen molar-refractivity contribution in [1.82, 2.24) is 10.2 Å². The standard InChI is InChI=1S/C18H23ClN2O2.2ClH/c19-16-4-2-15(3-5-16)18-7-6-17(23-18)14-20-8-1-9-21-10-12-22-13-11-21;;/h2-7,20H,1,8-14H2;2*1H/p-2. The Hall–Kier alpha value is -0.750. The lowest BCUT2D eigenvalue weighted by atomic mass is 10.2. The monoisotopic (exact) mass is 404 g/mol. The Morgan fingerprint density at radius 1 is 1.00 bits per heavy atom. The lowest BCUT2D eigenvalue weighted by molar-refractivity contribution is -0.001000. The molecular formula is C18H23Cl3N2O2-2. The molecule has 0 radical (unpaired) electrons. The molecule has 0 unspecified atom stereocenters. The highest BCUT2D eigenvalue weighted by Crippen LogP contribution is 2.23. The van der Waals surface area contributed by atoms with Gasteiger partial charge in [-0.2, -0.15) is 0 Å². The highest BCUT2D eigenvalue weighted by molar-refractivity contribution is 6.30. The van der Waals surface area contributed by atoms with E-state index in [-0.39, 0.29) is 24.8 Å². The number of hydrogen-bond donors (Lipinski definition) is 1. The Bertz CT molecular complexity index is 599. The van der Waals surface area contributed by atoms with Crippen molar-refractivity contribution in [3.05, 3.63) is 47.2 Å². The van der Waals surface area contributed by atoms with Gasteiger partial charge in [-0.05, 0) is 55.9 Å². The van der Waals surface area contributed by atoms with Crippen LogP contribution >= 0.6 is 11.6 Å². The van der Waals surface area contributed by atoms with Crippen molar-refractivity contribution in [3.8, 4) is 11.3 Å². The van der Waals surface area contributed by atoms with Gasteiger partial charge in [-0.3, -0.25) is 4.90 Å². The van der Waals surface area contributed by atoms with Gasteiger partial charge in [0.05, 0.1) is 19.8 Å². The van der Waals surface area contributed by atoms with E-state index < -0.39 is 0 Å². The lowest BCUT2D eigenvalue weighted by Crippen LogP contribution is -3.00. The molecule has 1 N–H and O–H groups in total. The van der Waals surface area contributed by atoms with Crippen LogP contribution < -0.4 is 30.1 Å². The van der Waals surface area contributed by atoms with E-state index in [4.69, 9.17) is 20.8 Å². The molecule has 1 aliphatic heterocycles. The molecule has 25 heavy (non-hydrogen) atoms. The van der Waals surface area contributed by atoms with E-state index in [1.165, 1.54) is 0 Å². The fourth-order valence-corrected chi connectivity index (χ4v) is 2.83. The molecule has 4 nitrogen and oxygen atoms in total. The minimum Gasteiger partial charge on any atom is -1.00 e. The van der Waals surface area contributed by atoms with Gasteiger partial charge in [0.2, 0.25) is 0 Å². The first kappa shape index (κ1) is 22.3. The quantitative estimate of drug-likeness (QED) is 0.514. The molecule has 2 aromatic rings. The first-order valence-electron chi connectivity index (χ1n) is 8.17. The van der Waals surface area contributed by atoms with Crippen LogP contribution in [0.2, 0.25) is 5.02 Å². The predicted molar refractivity (Wildman–Crippen MR) is 92.7 cm³/mol. The van der Waals surface area contributed by atoms with Gasteiger partial charge in [-0.1, -0.05) is 11.6 Å². The molecule has 1 aromatic carbocycles. The maximum absolute atomic E-state index is 5.91. The van der Waals surface area contributed by atoms with Crippen LogP contribution in [0.4, 0.5) is 0 Å². The largest absolute Gasteiger partial charge is 1.00 e. The van der Waals surface area contributed by atoms with Gasteiger partial charge in [0, 0.05) is 23.7 Å². The summed E-state index contributed by atoms with van der Waals surface area (Å²) in [4.78, 5) is 2.46. The Balaban J connectivity index is 0.00000156. The third kappa shape index (κ3) is 7.18. The molecule has 7 heteroatoms. The third-order valence-electron chi connectivity index (χ3n) is 4.02. The van der Waals surface area contributed by atoms with Crippen LogP contribution in [0.1, 0.15) is 12.2 Å². The van der Waals surface area contributed by atoms with Crippen LogP contribution in [-0.4, -0.2) is 44.3 Å². The molecule has 0 aliphatic carbocycles. The molecule has 0 bridgehead atoms. The molecule has 0 spiro atoms. The van der Waals surface area contributed by atoms with Crippen LogP contribution in [0.15, 0.2) is 40.8 Å². The number of benzene rings is 1. The molecule has 3 rings (SSSR count). The summed E-state index contributed by atoms with van der Waals surface area (Å²) in [6.07, 6.45) is 1.14. The van der Waals surface area contributed by atoms with Crippen LogP contribution in [0.25, 0.3) is 11.3 Å². The fraction of sp³-hybridized carbons (Fsp3) is 0.444. The summed E-state index contributed by atoms with van der Waals surface area (Å²) in [5.41, 5.74) is 1.05. The first-order chi connectivity index (χ1) is 11.3. The highest BCUT2D eigenvalue weighted by atomic mass is 35.5. The topological polar surface area (TPSA) is 37.6 Å². The van der Waals surface area contributed by atoms with E-state index in [0.717, 1.165) is 74.5 Å². The highest BCUT2D eigenvalue weighted by Gasteiger charge is 2.09. The zero-order valence-electron chi connectivity index (χ0n) is 14.0. The van der Waals surface area contributed by atoms with Crippen molar-refractivity contribution in [3.63, 3.8) is 0 Å². The third-order valence-corrected chi connectivity index (χ3v) is 4.27. The van der Waals surface area contributed by atoms with Gasteiger partial charge in [0.15, 0.2) is 0 Å². The summed E-state index contributed by atoms with van der Waals surface area (Å²) in [5.74, 6) is 1.84. The average Bonchev–Trinajstić information content (AvgIpc) is 3.05. The minimum absolute atomic E-state index is 0. The molecule has 1 aromatic heterocycles. The summed E-state index contributed by atoms with van der Waals surface area (Å²) < 4.78 is 11.2. The Morgan fingerprint density at radius 3 is 2.44 bits per heavy atom. The second-order valence-corrected chi connectivity index (χ2v) is 6.19. The van der Waals surface area contributed by atoms with Gasteiger partial charge >= 0.3 is 0 Å². The van der Waals surface area contributed by atoms with E-state index in [0.29, 0.717) is 0 Å². The summed E-state index contributed by atoms with van der Waals surface area (Å²) in [6.45, 7) is 6.74. The number of rotatable bonds is 7. The number of halogens is 3. The Morgan fingerprint density at radius 2 is 1.72 bits per heavy atom.